The Balaban J connectivity index is 0.000000177. The number of benzene rings is 6. The second-order valence-corrected chi connectivity index (χ2v) is 59.5. The number of nitrogen functional groups attached to an aromatic ring is 3. The molecule has 41 heteroatoms. The third kappa shape index (κ3) is 35.3. The van der Waals surface area contributed by atoms with Gasteiger partial charge in [-0.3, -0.25) is 9.80 Å². The lowest BCUT2D eigenvalue weighted by molar-refractivity contribution is 0.0110. The Morgan fingerprint density at radius 2 is 0.580 bits per heavy atom. The van der Waals surface area contributed by atoms with Crippen molar-refractivity contribution >= 4 is 195 Å². The van der Waals surface area contributed by atoms with E-state index in [0.29, 0.717) is 110 Å². The number of nitrogens with zero attached hydrogens (tertiary/aromatic N) is 11. The van der Waals surface area contributed by atoms with Gasteiger partial charge in [-0.25, -0.2) is 24.5 Å². The summed E-state index contributed by atoms with van der Waals surface area (Å²) < 4.78 is 108. The fraction of sp³-hybridized carbons (Fsp3) is 0.510. The Morgan fingerprint density at radius 3 is 0.846 bits per heavy atom. The van der Waals surface area contributed by atoms with E-state index in [4.69, 9.17) is 125 Å². The molecular formula is C102H140BrCl6N14O15P5. The van der Waals surface area contributed by atoms with Gasteiger partial charge in [-0.05, 0) is 250 Å². The smallest absolute Gasteiger partial charge is 0.410 e. The molecule has 6 aromatic carbocycles. The Morgan fingerprint density at radius 1 is 0.336 bits per heavy atom. The van der Waals surface area contributed by atoms with Crippen molar-refractivity contribution in [2.45, 2.75) is 161 Å². The van der Waals surface area contributed by atoms with Crippen LogP contribution in [0.2, 0.25) is 30.1 Å². The number of halogens is 7. The first-order valence-electron chi connectivity index (χ1n) is 47.8. The van der Waals surface area contributed by atoms with Crippen LogP contribution < -0.4 is 58.4 Å². The maximum absolute atomic E-state index is 12.6. The average Bonchev–Trinajstić information content (AvgIpc) is 1.77. The van der Waals surface area contributed by atoms with Crippen LogP contribution in [0.1, 0.15) is 179 Å². The van der Waals surface area contributed by atoms with Crippen LogP contribution in [0.3, 0.4) is 0 Å². The number of carbonyl (C=O) groups excluding carboxylic acids is 2. The van der Waals surface area contributed by atoms with Crippen molar-refractivity contribution < 1.29 is 70.3 Å². The highest BCUT2D eigenvalue weighted by Crippen LogP contribution is 2.46. The van der Waals surface area contributed by atoms with E-state index in [0.717, 1.165) is 182 Å². The first-order chi connectivity index (χ1) is 67.0. The molecule has 0 bridgehead atoms. The molecule has 9 heterocycles. The van der Waals surface area contributed by atoms with Gasteiger partial charge in [-0.15, -0.1) is 0 Å². The third-order valence-corrected chi connectivity index (χ3v) is 34.1. The van der Waals surface area contributed by atoms with Gasteiger partial charge in [0, 0.05) is 175 Å². The number of aromatic nitrogens is 6. The normalized spacial score (nSPS) is 19.3. The number of hydrogen-bond acceptors (Lipinski definition) is 27. The topological polar surface area (TPSA) is 365 Å². The first-order valence-corrected chi connectivity index (χ1v) is 63.9. The van der Waals surface area contributed by atoms with Crippen LogP contribution >= 0.6 is 121 Å². The molecule has 29 nitrogen and oxygen atoms in total. The molecule has 6 saturated heterocycles. The van der Waals surface area contributed by atoms with Crippen LogP contribution in [0.25, 0.3) is 0 Å². The predicted octanol–water partition coefficient (Wildman–Crippen LogP) is 22.7. The van der Waals surface area contributed by atoms with Gasteiger partial charge < -0.3 is 92.6 Å². The van der Waals surface area contributed by atoms with E-state index in [1.807, 2.05) is 165 Å². The third-order valence-electron chi connectivity index (χ3n) is 24.0. The fourth-order valence-electron chi connectivity index (χ4n) is 16.8. The Hall–Kier alpha value is -6.97. The van der Waals surface area contributed by atoms with Crippen LogP contribution in [0.4, 0.5) is 44.9 Å². The van der Waals surface area contributed by atoms with Gasteiger partial charge in [0.15, 0.2) is 0 Å². The van der Waals surface area contributed by atoms with Crippen LogP contribution in [0.15, 0.2) is 132 Å². The second-order valence-electron chi connectivity index (χ2n) is 40.0. The van der Waals surface area contributed by atoms with Gasteiger partial charge in [-0.1, -0.05) is 159 Å². The lowest BCUT2D eigenvalue weighted by Crippen LogP contribution is -2.40. The summed E-state index contributed by atoms with van der Waals surface area (Å²) in [7, 11) is -11.7. The summed E-state index contributed by atoms with van der Waals surface area (Å²) in [5, 5.41) is 7.49. The molecule has 9 aromatic rings. The second kappa shape index (κ2) is 52.5. The summed E-state index contributed by atoms with van der Waals surface area (Å²) in [6.45, 7) is 44.8. The maximum Gasteiger partial charge on any atom is 0.410 e. The molecule has 143 heavy (non-hydrogen) atoms. The summed E-state index contributed by atoms with van der Waals surface area (Å²) in [5.74, 6) is 3.43. The number of anilines is 6. The minimum atomic E-state index is -2.40. The van der Waals surface area contributed by atoms with E-state index in [9.17, 15) is 32.4 Å². The Bertz CT molecular complexity index is 5720. The summed E-state index contributed by atoms with van der Waals surface area (Å²) in [6, 6.07) is 38.7. The van der Waals surface area contributed by atoms with E-state index in [1.54, 1.807) is 101 Å². The van der Waals surface area contributed by atoms with Crippen LogP contribution in [-0.2, 0) is 60.7 Å². The summed E-state index contributed by atoms with van der Waals surface area (Å²) in [4.78, 5) is 60.8. The lowest BCUT2D eigenvalue weighted by atomic mass is 9.95. The number of aryl methyl sites for hydroxylation is 3. The van der Waals surface area contributed by atoms with Gasteiger partial charge in [0.25, 0.3) is 0 Å². The molecule has 6 aliphatic rings. The number of nitrogens with two attached hydrogens (primary N) is 3. The first kappa shape index (κ1) is 118. The molecule has 0 saturated carbocycles. The van der Waals surface area contributed by atoms with Crippen molar-refractivity contribution in [2.24, 2.45) is 0 Å². The number of carbonyl (C=O) groups is 2. The molecule has 15 rings (SSSR count). The molecule has 6 N–H and O–H groups in total. The summed E-state index contributed by atoms with van der Waals surface area (Å²) >= 11 is 42.3. The minimum Gasteiger partial charge on any atom is -0.444 e. The van der Waals surface area contributed by atoms with E-state index in [2.05, 4.69) is 60.5 Å². The number of ether oxygens (including phenoxy) is 8. The van der Waals surface area contributed by atoms with Crippen molar-refractivity contribution in [3.05, 3.63) is 212 Å². The largest absolute Gasteiger partial charge is 0.444 e. The van der Waals surface area contributed by atoms with Gasteiger partial charge in [0.2, 0.25) is 17.8 Å². The van der Waals surface area contributed by atoms with Crippen molar-refractivity contribution in [3.63, 3.8) is 0 Å². The lowest BCUT2D eigenvalue weighted by Gasteiger charge is -2.32. The molecule has 0 spiro atoms. The van der Waals surface area contributed by atoms with E-state index < -0.39 is 46.9 Å². The zero-order valence-electron chi connectivity index (χ0n) is 85.4. The number of rotatable bonds is 14. The van der Waals surface area contributed by atoms with Crippen molar-refractivity contribution in [3.8, 4) is 0 Å². The summed E-state index contributed by atoms with van der Waals surface area (Å²) in [6.07, 6.45) is 6.90. The quantitative estimate of drug-likeness (QED) is 0.0851. The van der Waals surface area contributed by atoms with Gasteiger partial charge in [-0.2, -0.15) is 15.0 Å². The highest BCUT2D eigenvalue weighted by Gasteiger charge is 2.38. The van der Waals surface area contributed by atoms with Crippen molar-refractivity contribution in [1.82, 2.24) is 39.7 Å². The Kier molecular flexibility index (Phi) is 43.3. The molecule has 6 aliphatic heterocycles. The molecule has 6 fully saturated rings. The standard InChI is InChI=1S/3C18H24ClN4O2P.C18H27ClNO4P.C16H21BrClNO3.C14H20ClO2P/c3*1-12-9-17(22-18(20)21-12)23-7-4-8-25-11-16(23)14-6-5-13(10-15(14)19)26(2,3)24;1-18(2,3)24-17(21)20-9-6-10-23-12-16(20)14-8-7-13(11-15(14)19)25(4,5)22;1-16(2,3)22-15(20)19-7-4-8-21-10-14(19)12-6-5-11(17)9-13(12)18;1-18(2,16)12-6-7-13(14(15)9-12)11-5-3-4-8-17-10-11/h3*5-6,9-10,16H,4,7-8,11H2,1-3H3,(H2,20,21,22);7-8,11,16H,6,9-10,12H2,1-5H3;5-6,9,14H,4,7-8,10H2,1-3H3;6-7,9,11H,3-5,8,10H2,1-2H3. The van der Waals surface area contributed by atoms with Crippen LogP contribution in [0.5, 0.6) is 0 Å². The van der Waals surface area contributed by atoms with Crippen molar-refractivity contribution in [2.75, 3.05) is 211 Å². The monoisotopic (exact) mass is 2240 g/mol. The van der Waals surface area contributed by atoms with E-state index in [-0.39, 0.29) is 60.2 Å². The maximum atomic E-state index is 12.6. The fourth-order valence-corrected chi connectivity index (χ4v) is 23.9. The van der Waals surface area contributed by atoms with Crippen molar-refractivity contribution in [1.29, 1.82) is 0 Å². The van der Waals surface area contributed by atoms with Crippen LogP contribution in [-0.4, -0.2) is 242 Å². The molecule has 6 unspecified atom stereocenters. The molecule has 0 radical (unpaired) electrons. The Labute approximate surface area is 882 Å². The van der Waals surface area contributed by atoms with Gasteiger partial charge >= 0.3 is 12.2 Å². The predicted molar refractivity (Wildman–Crippen MR) is 592 cm³/mol. The zero-order chi connectivity index (χ0) is 105. The highest BCUT2D eigenvalue weighted by molar-refractivity contribution is 9.10. The summed E-state index contributed by atoms with van der Waals surface area (Å²) in [5.41, 5.74) is 24.5. The molecule has 782 valence electrons. The number of hydrogen-bond donors (Lipinski definition) is 3. The highest BCUT2D eigenvalue weighted by atomic mass is 79.9. The van der Waals surface area contributed by atoms with Gasteiger partial charge in [0.1, 0.15) is 64.4 Å². The zero-order valence-corrected chi connectivity index (χ0v) is 96.0. The average molecular weight is 2250 g/mol. The molecule has 3 aromatic heterocycles. The molecular weight excluding hydrogens is 2110 g/mol. The van der Waals surface area contributed by atoms with E-state index in [1.165, 1.54) is 6.42 Å². The minimum absolute atomic E-state index is 0.0964. The SMILES string of the molecule is CC(C)(C)OC(=O)N1CCCOCC1c1ccc(Br)cc1Cl.CC(C)(C)OC(=O)N1CCCOCC1c1ccc(P(C)(C)=O)cc1Cl.CP(C)(=O)c1ccc(C2CCCCOC2)c(Cl)c1.Cc1cc(N2CCCOCC2c2ccc(P(C)(C)=O)cc2Cl)nc(N)n1.Cc1cc(N2CCCOCC2c2ccc(P(C)(C)=O)cc2Cl)nc(N)n1.Cc1cc(N2CCCOCC2c2ccc(P(C)(C)=O)cc2Cl)nc(N)n1. The van der Waals surface area contributed by atoms with Gasteiger partial charge in [0.05, 0.1) is 69.9 Å². The molecule has 6 atom stereocenters. The molecule has 2 amide bonds. The number of amides is 2. The molecule has 0 aliphatic carbocycles. The van der Waals surface area contributed by atoms with Crippen LogP contribution in [0, 0.1) is 20.8 Å². The van der Waals surface area contributed by atoms with E-state index >= 15 is 0 Å².